The molecule has 0 radical (unpaired) electrons. The Balaban J connectivity index is 1.29. The standard InChI is InChI=1S/C28H27N3O4S2/c1-3-5-26-23(24(30-35-26)18-37-28-29-11-13-36-28)17-34-22-8-9-25-20(15-22)10-12-31(25)16-19-6-4-7-21(14-19)27(32)33-2/h4,6-15H,3,5,16-18H2,1-2H3. The topological polar surface area (TPSA) is 79.4 Å². The highest BCUT2D eigenvalue weighted by Crippen LogP contribution is 2.29. The molecule has 0 atom stereocenters. The van der Waals surface area contributed by atoms with Crippen LogP contribution in [-0.2, 0) is 30.1 Å². The number of hydrogen-bond acceptors (Lipinski definition) is 8. The van der Waals surface area contributed by atoms with Gasteiger partial charge in [0.2, 0.25) is 0 Å². The summed E-state index contributed by atoms with van der Waals surface area (Å²) in [7, 11) is 1.39. The maximum absolute atomic E-state index is 11.9. The van der Waals surface area contributed by atoms with E-state index in [4.69, 9.17) is 14.0 Å². The van der Waals surface area contributed by atoms with Crippen molar-refractivity contribution < 1.29 is 18.8 Å². The minimum atomic E-state index is -0.333. The van der Waals surface area contributed by atoms with Crippen LogP contribution in [0.2, 0.25) is 0 Å². The minimum Gasteiger partial charge on any atom is -0.489 e. The Morgan fingerprint density at radius 2 is 2.11 bits per heavy atom. The summed E-state index contributed by atoms with van der Waals surface area (Å²) in [5, 5.41) is 7.39. The van der Waals surface area contributed by atoms with E-state index in [1.54, 1.807) is 29.2 Å². The van der Waals surface area contributed by atoms with Crippen LogP contribution in [0.25, 0.3) is 10.9 Å². The Morgan fingerprint density at radius 3 is 2.92 bits per heavy atom. The molecule has 0 saturated carbocycles. The summed E-state index contributed by atoms with van der Waals surface area (Å²) < 4.78 is 19.9. The summed E-state index contributed by atoms with van der Waals surface area (Å²) in [4.78, 5) is 16.2. The number of thioether (sulfide) groups is 1. The molecule has 0 unspecified atom stereocenters. The number of ether oxygens (including phenoxy) is 2. The van der Waals surface area contributed by atoms with Gasteiger partial charge in [-0.2, -0.15) is 0 Å². The summed E-state index contributed by atoms with van der Waals surface area (Å²) in [6.45, 7) is 3.18. The van der Waals surface area contributed by atoms with Gasteiger partial charge in [-0.15, -0.1) is 11.3 Å². The van der Waals surface area contributed by atoms with E-state index >= 15 is 0 Å². The zero-order valence-electron chi connectivity index (χ0n) is 20.7. The van der Waals surface area contributed by atoms with Crippen LogP contribution in [0, 0.1) is 0 Å². The third-order valence-electron chi connectivity index (χ3n) is 6.00. The van der Waals surface area contributed by atoms with Crippen LogP contribution in [0.3, 0.4) is 0 Å². The molecule has 2 aromatic carbocycles. The average Bonchev–Trinajstić information content (AvgIpc) is 3.67. The van der Waals surface area contributed by atoms with Gasteiger partial charge in [0, 0.05) is 47.4 Å². The fourth-order valence-electron chi connectivity index (χ4n) is 4.17. The van der Waals surface area contributed by atoms with E-state index < -0.39 is 0 Å². The lowest BCUT2D eigenvalue weighted by Crippen LogP contribution is -2.04. The van der Waals surface area contributed by atoms with E-state index in [1.165, 1.54) is 7.11 Å². The quantitative estimate of drug-likeness (QED) is 0.137. The molecule has 0 aliphatic rings. The molecule has 7 nitrogen and oxygen atoms in total. The molecule has 9 heteroatoms. The molecule has 0 N–H and O–H groups in total. The van der Waals surface area contributed by atoms with E-state index in [2.05, 4.69) is 33.8 Å². The molecular formula is C28H27N3O4S2. The second-order valence-electron chi connectivity index (χ2n) is 8.51. The zero-order chi connectivity index (χ0) is 25.6. The lowest BCUT2D eigenvalue weighted by atomic mass is 10.1. The molecule has 5 aromatic rings. The van der Waals surface area contributed by atoms with E-state index in [0.717, 1.165) is 56.4 Å². The number of hydrogen-bond donors (Lipinski definition) is 0. The molecule has 190 valence electrons. The first-order valence-corrected chi connectivity index (χ1v) is 13.9. The van der Waals surface area contributed by atoms with Crippen LogP contribution in [0.1, 0.15) is 46.3 Å². The number of thiazole rings is 1. The van der Waals surface area contributed by atoms with Gasteiger partial charge in [0.15, 0.2) is 0 Å². The summed E-state index contributed by atoms with van der Waals surface area (Å²) in [5.41, 5.74) is 4.60. The van der Waals surface area contributed by atoms with Gasteiger partial charge in [-0.05, 0) is 48.4 Å². The number of carbonyl (C=O) groups is 1. The van der Waals surface area contributed by atoms with Crippen molar-refractivity contribution in [1.82, 2.24) is 14.7 Å². The summed E-state index contributed by atoms with van der Waals surface area (Å²) >= 11 is 3.28. The van der Waals surface area contributed by atoms with Crippen molar-refractivity contribution >= 4 is 40.0 Å². The van der Waals surface area contributed by atoms with Gasteiger partial charge in [-0.3, -0.25) is 0 Å². The van der Waals surface area contributed by atoms with Crippen molar-refractivity contribution in [3.05, 3.63) is 94.4 Å². The second-order valence-corrected chi connectivity index (χ2v) is 10.6. The summed E-state index contributed by atoms with van der Waals surface area (Å²) in [6, 6.07) is 15.7. The predicted molar refractivity (Wildman–Crippen MR) is 145 cm³/mol. The van der Waals surface area contributed by atoms with Gasteiger partial charge in [0.1, 0.15) is 28.2 Å². The van der Waals surface area contributed by atoms with Crippen LogP contribution in [0.5, 0.6) is 5.75 Å². The first-order chi connectivity index (χ1) is 18.1. The summed E-state index contributed by atoms with van der Waals surface area (Å²) in [5.74, 6) is 2.04. The molecule has 0 aliphatic carbocycles. The van der Waals surface area contributed by atoms with Gasteiger partial charge in [-0.1, -0.05) is 36.0 Å². The SMILES string of the molecule is CCCc1onc(CSc2nccs2)c1COc1ccc2c(ccn2Cc2cccc(C(=O)OC)c2)c1. The highest BCUT2D eigenvalue weighted by atomic mass is 32.2. The van der Waals surface area contributed by atoms with Crippen LogP contribution in [-0.4, -0.2) is 27.8 Å². The Morgan fingerprint density at radius 1 is 1.19 bits per heavy atom. The molecule has 0 spiro atoms. The lowest BCUT2D eigenvalue weighted by molar-refractivity contribution is 0.0600. The normalized spacial score (nSPS) is 11.2. The van der Waals surface area contributed by atoms with Gasteiger partial charge >= 0.3 is 5.97 Å². The Kier molecular flexibility index (Phi) is 7.91. The zero-order valence-corrected chi connectivity index (χ0v) is 22.3. The van der Waals surface area contributed by atoms with Crippen molar-refractivity contribution in [2.45, 2.75) is 43.0 Å². The third kappa shape index (κ3) is 5.89. The average molecular weight is 534 g/mol. The number of methoxy groups -OCH3 is 1. The first kappa shape index (κ1) is 25.1. The van der Waals surface area contributed by atoms with E-state index in [1.807, 2.05) is 48.1 Å². The molecule has 0 bridgehead atoms. The lowest BCUT2D eigenvalue weighted by Gasteiger charge is -2.10. The molecular weight excluding hydrogens is 506 g/mol. The van der Waals surface area contributed by atoms with Gasteiger partial charge < -0.3 is 18.6 Å². The molecule has 0 saturated heterocycles. The number of esters is 1. The molecule has 3 aromatic heterocycles. The molecule has 37 heavy (non-hydrogen) atoms. The number of benzene rings is 2. The molecule has 0 fully saturated rings. The Bertz CT molecular complexity index is 1490. The largest absolute Gasteiger partial charge is 0.489 e. The van der Waals surface area contributed by atoms with Crippen LogP contribution < -0.4 is 4.74 Å². The van der Waals surface area contributed by atoms with Gasteiger partial charge in [0.25, 0.3) is 0 Å². The maximum atomic E-state index is 11.9. The maximum Gasteiger partial charge on any atom is 0.337 e. The van der Waals surface area contributed by atoms with E-state index in [-0.39, 0.29) is 5.97 Å². The smallest absolute Gasteiger partial charge is 0.337 e. The van der Waals surface area contributed by atoms with Crippen LogP contribution in [0.4, 0.5) is 0 Å². The molecule has 0 amide bonds. The summed E-state index contributed by atoms with van der Waals surface area (Å²) in [6.07, 6.45) is 5.66. The number of nitrogens with zero attached hydrogens (tertiary/aromatic N) is 3. The first-order valence-electron chi connectivity index (χ1n) is 12.0. The minimum absolute atomic E-state index is 0.333. The van der Waals surface area contributed by atoms with Crippen LogP contribution in [0.15, 0.2) is 75.2 Å². The fourth-order valence-corrected chi connectivity index (χ4v) is 5.76. The molecule has 3 heterocycles. The Labute approximate surface area is 223 Å². The molecule has 5 rings (SSSR count). The number of aryl methyl sites for hydroxylation is 1. The predicted octanol–water partition coefficient (Wildman–Crippen LogP) is 6.74. The number of rotatable bonds is 11. The number of carbonyl (C=O) groups excluding carboxylic acids is 1. The third-order valence-corrected chi connectivity index (χ3v) is 7.97. The highest BCUT2D eigenvalue weighted by Gasteiger charge is 2.17. The van der Waals surface area contributed by atoms with Gasteiger partial charge in [-0.25, -0.2) is 9.78 Å². The van der Waals surface area contributed by atoms with E-state index in [9.17, 15) is 4.79 Å². The van der Waals surface area contributed by atoms with Crippen molar-refractivity contribution in [3.63, 3.8) is 0 Å². The highest BCUT2D eigenvalue weighted by molar-refractivity contribution is 8.00. The monoisotopic (exact) mass is 533 g/mol. The second kappa shape index (κ2) is 11.7. The Hall–Kier alpha value is -3.56. The number of fused-ring (bicyclic) bond motifs is 1. The van der Waals surface area contributed by atoms with Crippen LogP contribution >= 0.6 is 23.1 Å². The number of aromatic nitrogens is 3. The molecule has 0 aliphatic heterocycles. The van der Waals surface area contributed by atoms with Crippen molar-refractivity contribution in [3.8, 4) is 5.75 Å². The van der Waals surface area contributed by atoms with Gasteiger partial charge in [0.05, 0.1) is 18.2 Å². The van der Waals surface area contributed by atoms with Crippen molar-refractivity contribution in [2.24, 2.45) is 0 Å². The fraction of sp³-hybridized carbons (Fsp3) is 0.250. The van der Waals surface area contributed by atoms with E-state index in [0.29, 0.717) is 24.5 Å². The van der Waals surface area contributed by atoms with Crippen molar-refractivity contribution in [2.75, 3.05) is 7.11 Å². The van der Waals surface area contributed by atoms with Crippen molar-refractivity contribution in [1.29, 1.82) is 0 Å².